The number of carbonyl (C=O) groups is 1. The van der Waals surface area contributed by atoms with Crippen molar-refractivity contribution in [2.75, 3.05) is 0 Å². The molecule has 1 fully saturated rings. The molecule has 19 heavy (non-hydrogen) atoms. The second kappa shape index (κ2) is 4.75. The van der Waals surface area contributed by atoms with Gasteiger partial charge in [0.15, 0.2) is 5.78 Å². The molecule has 0 amide bonds. The van der Waals surface area contributed by atoms with Gasteiger partial charge in [-0.25, -0.2) is 0 Å². The van der Waals surface area contributed by atoms with Gasteiger partial charge in [-0.15, -0.1) is 0 Å². The average Bonchev–Trinajstić information content (AvgIpc) is 2.61. The van der Waals surface area contributed by atoms with Crippen molar-refractivity contribution in [2.45, 2.75) is 72.1 Å². The minimum Gasteiger partial charge on any atom is -0.295 e. The Morgan fingerprint density at radius 3 is 2.58 bits per heavy atom. The lowest BCUT2D eigenvalue weighted by Gasteiger charge is -2.42. The zero-order valence-electron chi connectivity index (χ0n) is 12.8. The maximum Gasteiger partial charge on any atom is 0.158 e. The molecular weight excluding hydrogens is 232 g/mol. The minimum atomic E-state index is 0.490. The minimum absolute atomic E-state index is 0.490. The van der Waals surface area contributed by atoms with Gasteiger partial charge < -0.3 is 0 Å². The molecule has 1 nitrogen and oxygen atoms in total. The standard InChI is InChI=1S/C18H28O/c1-12(2)13-8-10-18(3)11-9-14-15(17(13)18)6-4-5-7-16(14)19/h12-13,17H,4-11H2,1-3H3/t13-,17+,18-/m1/s1. The number of rotatable bonds is 1. The van der Waals surface area contributed by atoms with E-state index in [2.05, 4.69) is 20.8 Å². The number of hydrogen-bond acceptors (Lipinski definition) is 1. The molecule has 1 heteroatoms. The summed E-state index contributed by atoms with van der Waals surface area (Å²) in [5.74, 6) is 2.79. The van der Waals surface area contributed by atoms with Crippen molar-refractivity contribution in [1.82, 2.24) is 0 Å². The quantitative estimate of drug-likeness (QED) is 0.655. The number of carbonyl (C=O) groups excluding carboxylic acids is 1. The number of ketones is 1. The van der Waals surface area contributed by atoms with E-state index in [1.54, 1.807) is 5.57 Å². The van der Waals surface area contributed by atoms with E-state index in [4.69, 9.17) is 0 Å². The Balaban J connectivity index is 2.03. The molecule has 0 aromatic heterocycles. The molecule has 0 radical (unpaired) electrons. The SMILES string of the molecule is CC(C)[C@H]1CC[C@]2(C)CCC3=C(CCCCC3=O)[C@H]12. The molecule has 0 aromatic carbocycles. The molecule has 0 N–H and O–H groups in total. The van der Waals surface area contributed by atoms with Crippen LogP contribution in [-0.2, 0) is 4.79 Å². The molecule has 1 saturated carbocycles. The van der Waals surface area contributed by atoms with Crippen molar-refractivity contribution < 1.29 is 4.79 Å². The molecule has 0 spiro atoms. The van der Waals surface area contributed by atoms with Crippen LogP contribution in [0.25, 0.3) is 0 Å². The summed E-state index contributed by atoms with van der Waals surface area (Å²) in [5.41, 5.74) is 3.37. The lowest BCUT2D eigenvalue weighted by atomic mass is 9.62. The monoisotopic (exact) mass is 260 g/mol. The fraction of sp³-hybridized carbons (Fsp3) is 0.833. The zero-order chi connectivity index (χ0) is 13.6. The average molecular weight is 260 g/mol. The van der Waals surface area contributed by atoms with E-state index >= 15 is 0 Å². The molecule has 0 heterocycles. The molecule has 0 aliphatic heterocycles. The lowest BCUT2D eigenvalue weighted by Crippen LogP contribution is -2.34. The van der Waals surface area contributed by atoms with E-state index in [0.717, 1.165) is 37.0 Å². The van der Waals surface area contributed by atoms with Crippen LogP contribution < -0.4 is 0 Å². The Morgan fingerprint density at radius 2 is 1.84 bits per heavy atom. The highest BCUT2D eigenvalue weighted by Gasteiger charge is 2.50. The van der Waals surface area contributed by atoms with Crippen LogP contribution in [0.3, 0.4) is 0 Å². The Labute approximate surface area is 117 Å². The van der Waals surface area contributed by atoms with Crippen LogP contribution in [0.4, 0.5) is 0 Å². The van der Waals surface area contributed by atoms with Gasteiger partial charge in [-0.05, 0) is 73.7 Å². The van der Waals surface area contributed by atoms with E-state index < -0.39 is 0 Å². The summed E-state index contributed by atoms with van der Waals surface area (Å²) in [6.45, 7) is 7.26. The Bertz CT molecular complexity index is 417. The predicted molar refractivity (Wildman–Crippen MR) is 78.9 cm³/mol. The van der Waals surface area contributed by atoms with Crippen molar-refractivity contribution >= 4 is 5.78 Å². The number of allylic oxidation sites excluding steroid dienone is 2. The third kappa shape index (κ3) is 2.10. The molecule has 0 saturated heterocycles. The molecule has 0 bridgehead atoms. The van der Waals surface area contributed by atoms with Crippen molar-refractivity contribution in [3.8, 4) is 0 Å². The second-order valence-electron chi connectivity index (χ2n) is 7.71. The summed E-state index contributed by atoms with van der Waals surface area (Å²) in [6, 6.07) is 0. The van der Waals surface area contributed by atoms with Gasteiger partial charge in [-0.3, -0.25) is 4.79 Å². The highest BCUT2D eigenvalue weighted by molar-refractivity contribution is 5.96. The second-order valence-corrected chi connectivity index (χ2v) is 7.71. The van der Waals surface area contributed by atoms with Crippen molar-refractivity contribution in [3.63, 3.8) is 0 Å². The zero-order valence-corrected chi connectivity index (χ0v) is 12.8. The summed E-state index contributed by atoms with van der Waals surface area (Å²) in [4.78, 5) is 12.4. The molecule has 3 rings (SSSR count). The third-order valence-electron chi connectivity index (χ3n) is 6.23. The normalized spacial score (nSPS) is 39.3. The van der Waals surface area contributed by atoms with Crippen LogP contribution >= 0.6 is 0 Å². The summed E-state index contributed by atoms with van der Waals surface area (Å²) in [6.07, 6.45) is 9.47. The Hall–Kier alpha value is -0.590. The van der Waals surface area contributed by atoms with E-state index in [1.165, 1.54) is 37.7 Å². The molecule has 0 aromatic rings. The molecule has 3 atom stereocenters. The lowest BCUT2D eigenvalue weighted by molar-refractivity contribution is -0.116. The highest BCUT2D eigenvalue weighted by atomic mass is 16.1. The highest BCUT2D eigenvalue weighted by Crippen LogP contribution is 2.59. The fourth-order valence-electron chi connectivity index (χ4n) is 5.15. The van der Waals surface area contributed by atoms with Gasteiger partial charge in [0.2, 0.25) is 0 Å². The number of fused-ring (bicyclic) bond motifs is 2. The van der Waals surface area contributed by atoms with Gasteiger partial charge in [0.1, 0.15) is 0 Å². The predicted octanol–water partition coefficient (Wildman–Crippen LogP) is 4.91. The largest absolute Gasteiger partial charge is 0.295 e. The smallest absolute Gasteiger partial charge is 0.158 e. The number of hydrogen-bond donors (Lipinski definition) is 0. The van der Waals surface area contributed by atoms with Crippen LogP contribution in [0.1, 0.15) is 72.1 Å². The summed E-state index contributed by atoms with van der Waals surface area (Å²) < 4.78 is 0. The first-order valence-electron chi connectivity index (χ1n) is 8.28. The maximum absolute atomic E-state index is 12.4. The maximum atomic E-state index is 12.4. The fourth-order valence-corrected chi connectivity index (χ4v) is 5.15. The van der Waals surface area contributed by atoms with E-state index in [1.807, 2.05) is 0 Å². The van der Waals surface area contributed by atoms with E-state index in [9.17, 15) is 4.79 Å². The summed E-state index contributed by atoms with van der Waals surface area (Å²) >= 11 is 0. The van der Waals surface area contributed by atoms with Crippen molar-refractivity contribution in [3.05, 3.63) is 11.1 Å². The van der Waals surface area contributed by atoms with Gasteiger partial charge in [-0.1, -0.05) is 26.3 Å². The van der Waals surface area contributed by atoms with Gasteiger partial charge in [0.05, 0.1) is 0 Å². The molecule has 3 aliphatic rings. The van der Waals surface area contributed by atoms with Gasteiger partial charge >= 0.3 is 0 Å². The van der Waals surface area contributed by atoms with Crippen LogP contribution in [-0.4, -0.2) is 5.78 Å². The van der Waals surface area contributed by atoms with E-state index in [-0.39, 0.29) is 0 Å². The first kappa shape index (κ1) is 13.4. The van der Waals surface area contributed by atoms with Gasteiger partial charge in [0.25, 0.3) is 0 Å². The molecule has 0 unspecified atom stereocenters. The summed E-state index contributed by atoms with van der Waals surface area (Å²) in [5, 5.41) is 0. The molecule has 3 aliphatic carbocycles. The first-order valence-corrected chi connectivity index (χ1v) is 8.28. The van der Waals surface area contributed by atoms with Crippen LogP contribution in [0.5, 0.6) is 0 Å². The van der Waals surface area contributed by atoms with Crippen LogP contribution in [0, 0.1) is 23.2 Å². The number of Topliss-reactive ketones (excluding diaryl/α,β-unsaturated/α-hetero) is 1. The van der Waals surface area contributed by atoms with Crippen LogP contribution in [0.2, 0.25) is 0 Å². The first-order chi connectivity index (χ1) is 9.03. The molecule has 106 valence electrons. The van der Waals surface area contributed by atoms with Crippen LogP contribution in [0.15, 0.2) is 11.1 Å². The van der Waals surface area contributed by atoms with Crippen molar-refractivity contribution in [1.29, 1.82) is 0 Å². The topological polar surface area (TPSA) is 17.1 Å². The van der Waals surface area contributed by atoms with E-state index in [0.29, 0.717) is 11.2 Å². The molecular formula is C18H28O. The Kier molecular flexibility index (Phi) is 3.35. The van der Waals surface area contributed by atoms with Gasteiger partial charge in [0, 0.05) is 6.42 Å². The van der Waals surface area contributed by atoms with Crippen molar-refractivity contribution in [2.24, 2.45) is 23.2 Å². The third-order valence-corrected chi connectivity index (χ3v) is 6.23. The summed E-state index contributed by atoms with van der Waals surface area (Å²) in [7, 11) is 0. The Morgan fingerprint density at radius 1 is 1.11 bits per heavy atom. The van der Waals surface area contributed by atoms with Gasteiger partial charge in [-0.2, -0.15) is 0 Å².